The molecule has 0 fully saturated rings. The minimum atomic E-state index is -0.809. The molecule has 2 aromatic rings. The van der Waals surface area contributed by atoms with Crippen molar-refractivity contribution < 1.29 is 14.6 Å². The average molecular weight is 270 g/mol. The van der Waals surface area contributed by atoms with Crippen molar-refractivity contribution in [1.29, 1.82) is 0 Å². The van der Waals surface area contributed by atoms with Crippen LogP contribution in [0.1, 0.15) is 23.5 Å². The number of carboxylic acids is 1. The van der Waals surface area contributed by atoms with Gasteiger partial charge < -0.3 is 9.84 Å². The lowest BCUT2D eigenvalue weighted by molar-refractivity contribution is -0.139. The van der Waals surface area contributed by atoms with Crippen molar-refractivity contribution in [2.45, 2.75) is 19.3 Å². The highest BCUT2D eigenvalue weighted by Crippen LogP contribution is 2.23. The first-order valence-electron chi connectivity index (χ1n) is 6.64. The molecule has 3 heteroatoms. The molecule has 1 unspecified atom stereocenters. The van der Waals surface area contributed by atoms with Gasteiger partial charge in [0.05, 0.1) is 12.5 Å². The van der Waals surface area contributed by atoms with Crippen molar-refractivity contribution in [1.82, 2.24) is 0 Å². The Kier molecular flexibility index (Phi) is 4.77. The fourth-order valence-corrected chi connectivity index (χ4v) is 2.20. The van der Waals surface area contributed by atoms with E-state index >= 15 is 0 Å². The van der Waals surface area contributed by atoms with Crippen LogP contribution >= 0.6 is 0 Å². The molecule has 1 N–H and O–H groups in total. The summed E-state index contributed by atoms with van der Waals surface area (Å²) < 4.78 is 5.58. The van der Waals surface area contributed by atoms with Gasteiger partial charge in [0.15, 0.2) is 0 Å². The predicted molar refractivity (Wildman–Crippen MR) is 78.1 cm³/mol. The van der Waals surface area contributed by atoms with Gasteiger partial charge in [-0.3, -0.25) is 4.79 Å². The Bertz CT molecular complexity index is 563. The molecule has 0 bridgehead atoms. The fraction of sp³-hybridized carbons (Fsp3) is 0.235. The number of aliphatic carboxylic acids is 1. The zero-order valence-corrected chi connectivity index (χ0v) is 11.5. The van der Waals surface area contributed by atoms with Gasteiger partial charge in [-0.05, 0) is 36.6 Å². The van der Waals surface area contributed by atoms with Crippen molar-refractivity contribution >= 4 is 5.97 Å². The SMILES string of the molecule is Cc1ccccc1C(CCOc1ccccc1)C(=O)O. The molecule has 0 heterocycles. The second-order valence-electron chi connectivity index (χ2n) is 4.70. The molecule has 1 atom stereocenters. The molecule has 20 heavy (non-hydrogen) atoms. The number of benzene rings is 2. The van der Waals surface area contributed by atoms with Gasteiger partial charge in [-0.15, -0.1) is 0 Å². The third kappa shape index (κ3) is 3.60. The quantitative estimate of drug-likeness (QED) is 0.871. The molecule has 0 spiro atoms. The molecule has 0 radical (unpaired) electrons. The number of hydrogen-bond acceptors (Lipinski definition) is 2. The van der Waals surface area contributed by atoms with Crippen molar-refractivity contribution in [3.05, 3.63) is 65.7 Å². The van der Waals surface area contributed by atoms with Crippen LogP contribution in [0.2, 0.25) is 0 Å². The number of hydrogen-bond donors (Lipinski definition) is 1. The summed E-state index contributed by atoms with van der Waals surface area (Å²) in [6.45, 7) is 2.32. The van der Waals surface area contributed by atoms with E-state index < -0.39 is 11.9 Å². The maximum atomic E-state index is 11.4. The molecule has 0 aliphatic carbocycles. The van der Waals surface area contributed by atoms with E-state index in [4.69, 9.17) is 4.74 Å². The molecule has 0 aliphatic heterocycles. The van der Waals surface area contributed by atoms with E-state index in [9.17, 15) is 9.90 Å². The van der Waals surface area contributed by atoms with Gasteiger partial charge in [0.2, 0.25) is 0 Å². The topological polar surface area (TPSA) is 46.5 Å². The summed E-state index contributed by atoms with van der Waals surface area (Å²) >= 11 is 0. The van der Waals surface area contributed by atoms with Gasteiger partial charge >= 0.3 is 5.97 Å². The summed E-state index contributed by atoms with van der Waals surface area (Å²) in [6, 6.07) is 17.0. The first-order chi connectivity index (χ1) is 9.68. The summed E-state index contributed by atoms with van der Waals surface area (Å²) in [7, 11) is 0. The molecule has 0 saturated heterocycles. The molecule has 104 valence electrons. The number of rotatable bonds is 6. The normalized spacial score (nSPS) is 11.8. The maximum absolute atomic E-state index is 11.4. The molecule has 2 rings (SSSR count). The van der Waals surface area contributed by atoms with Crippen LogP contribution in [0.3, 0.4) is 0 Å². The molecule has 0 amide bonds. The molecule has 0 aromatic heterocycles. The fourth-order valence-electron chi connectivity index (χ4n) is 2.20. The van der Waals surface area contributed by atoms with E-state index in [0.29, 0.717) is 13.0 Å². The third-order valence-electron chi connectivity index (χ3n) is 3.28. The molecular formula is C17H18O3. The largest absolute Gasteiger partial charge is 0.494 e. The van der Waals surface area contributed by atoms with Crippen molar-refractivity contribution in [2.75, 3.05) is 6.61 Å². The zero-order valence-electron chi connectivity index (χ0n) is 11.5. The summed E-state index contributed by atoms with van der Waals surface area (Å²) in [5.74, 6) is -0.572. The monoisotopic (exact) mass is 270 g/mol. The molecule has 0 aliphatic rings. The van der Waals surface area contributed by atoms with Crippen molar-refractivity contribution in [3.63, 3.8) is 0 Å². The molecule has 0 saturated carbocycles. The van der Waals surface area contributed by atoms with Gasteiger partial charge in [-0.25, -0.2) is 0 Å². The maximum Gasteiger partial charge on any atom is 0.311 e. The molecule has 3 nitrogen and oxygen atoms in total. The van der Waals surface area contributed by atoms with Crippen LogP contribution in [0.5, 0.6) is 5.75 Å². The number of carboxylic acid groups (broad SMARTS) is 1. The number of aryl methyl sites for hydroxylation is 1. The predicted octanol–water partition coefficient (Wildman–Crippen LogP) is 3.63. The second kappa shape index (κ2) is 6.75. The summed E-state index contributed by atoms with van der Waals surface area (Å²) in [5.41, 5.74) is 1.86. The van der Waals surface area contributed by atoms with Crippen molar-refractivity contribution in [2.24, 2.45) is 0 Å². The Morgan fingerprint density at radius 3 is 2.40 bits per heavy atom. The highest BCUT2D eigenvalue weighted by atomic mass is 16.5. The lowest BCUT2D eigenvalue weighted by Crippen LogP contribution is -2.16. The third-order valence-corrected chi connectivity index (χ3v) is 3.28. The highest BCUT2D eigenvalue weighted by Gasteiger charge is 2.21. The minimum absolute atomic E-state index is 0.384. The Hall–Kier alpha value is -2.29. The summed E-state index contributed by atoms with van der Waals surface area (Å²) in [4.78, 5) is 11.4. The Balaban J connectivity index is 2.01. The second-order valence-corrected chi connectivity index (χ2v) is 4.70. The van der Waals surface area contributed by atoms with Crippen LogP contribution in [0.25, 0.3) is 0 Å². The van der Waals surface area contributed by atoms with Gasteiger partial charge in [-0.1, -0.05) is 42.5 Å². The Labute approximate surface area is 118 Å². The van der Waals surface area contributed by atoms with Gasteiger partial charge in [0.1, 0.15) is 5.75 Å². The summed E-state index contributed by atoms with van der Waals surface area (Å²) in [6.07, 6.45) is 0.453. The highest BCUT2D eigenvalue weighted by molar-refractivity contribution is 5.76. The number of carbonyl (C=O) groups is 1. The zero-order chi connectivity index (χ0) is 14.4. The Morgan fingerprint density at radius 2 is 1.75 bits per heavy atom. The van der Waals surface area contributed by atoms with Gasteiger partial charge in [0, 0.05) is 0 Å². The first-order valence-corrected chi connectivity index (χ1v) is 6.64. The van der Waals surface area contributed by atoms with Crippen LogP contribution in [0.4, 0.5) is 0 Å². The smallest absolute Gasteiger partial charge is 0.311 e. The molecular weight excluding hydrogens is 252 g/mol. The van der Waals surface area contributed by atoms with Crippen LogP contribution < -0.4 is 4.74 Å². The van der Waals surface area contributed by atoms with Crippen LogP contribution in [-0.4, -0.2) is 17.7 Å². The Morgan fingerprint density at radius 1 is 1.10 bits per heavy atom. The van der Waals surface area contributed by atoms with E-state index in [-0.39, 0.29) is 0 Å². The standard InChI is InChI=1S/C17H18O3/c1-13-7-5-6-10-15(13)16(17(18)19)11-12-20-14-8-3-2-4-9-14/h2-10,16H,11-12H2,1H3,(H,18,19). The van der Waals surface area contributed by atoms with E-state index in [2.05, 4.69) is 0 Å². The molecule has 2 aromatic carbocycles. The lowest BCUT2D eigenvalue weighted by Gasteiger charge is -2.15. The van der Waals surface area contributed by atoms with E-state index in [1.807, 2.05) is 61.5 Å². The van der Waals surface area contributed by atoms with Crippen LogP contribution in [-0.2, 0) is 4.79 Å². The van der Waals surface area contributed by atoms with Crippen LogP contribution in [0, 0.1) is 6.92 Å². The number of para-hydroxylation sites is 1. The minimum Gasteiger partial charge on any atom is -0.494 e. The summed E-state index contributed by atoms with van der Waals surface area (Å²) in [5, 5.41) is 9.39. The van der Waals surface area contributed by atoms with E-state index in [1.54, 1.807) is 0 Å². The van der Waals surface area contributed by atoms with Gasteiger partial charge in [0.25, 0.3) is 0 Å². The lowest BCUT2D eigenvalue weighted by atomic mass is 9.92. The number of ether oxygens (including phenoxy) is 1. The van der Waals surface area contributed by atoms with Crippen molar-refractivity contribution in [3.8, 4) is 5.75 Å². The van der Waals surface area contributed by atoms with E-state index in [0.717, 1.165) is 16.9 Å². The average Bonchev–Trinajstić information content (AvgIpc) is 2.45. The van der Waals surface area contributed by atoms with Crippen LogP contribution in [0.15, 0.2) is 54.6 Å². The van der Waals surface area contributed by atoms with Gasteiger partial charge in [-0.2, -0.15) is 0 Å². The first kappa shape index (κ1) is 14.1. The van der Waals surface area contributed by atoms with E-state index in [1.165, 1.54) is 0 Å².